The molecule has 0 bridgehead atoms. The maximum absolute atomic E-state index is 11.8. The minimum Gasteiger partial charge on any atom is -0.496 e. The van der Waals surface area contributed by atoms with Crippen molar-refractivity contribution in [1.82, 2.24) is 5.32 Å². The Morgan fingerprint density at radius 2 is 1.95 bits per heavy atom. The average molecular weight is 380 g/mol. The van der Waals surface area contributed by atoms with Gasteiger partial charge in [0.1, 0.15) is 5.75 Å². The van der Waals surface area contributed by atoms with Crippen molar-refractivity contribution in [3.63, 3.8) is 0 Å². The van der Waals surface area contributed by atoms with E-state index in [1.165, 1.54) is 0 Å². The Balaban J connectivity index is 1.72. The van der Waals surface area contributed by atoms with Crippen molar-refractivity contribution in [1.29, 1.82) is 0 Å². The molecule has 0 aliphatic rings. The van der Waals surface area contributed by atoms with E-state index in [-0.39, 0.29) is 5.91 Å². The van der Waals surface area contributed by atoms with Gasteiger partial charge < -0.3 is 10.1 Å². The van der Waals surface area contributed by atoms with Crippen molar-refractivity contribution >= 4 is 33.6 Å². The summed E-state index contributed by atoms with van der Waals surface area (Å²) in [5.74, 6) is 2.12. The molecule has 2 aromatic rings. The molecule has 0 unspecified atom stereocenters. The van der Waals surface area contributed by atoms with E-state index in [0.29, 0.717) is 12.3 Å². The number of hydrogen-bond acceptors (Lipinski definition) is 3. The van der Waals surface area contributed by atoms with E-state index in [4.69, 9.17) is 4.74 Å². The molecule has 3 nitrogen and oxygen atoms in total. The lowest BCUT2D eigenvalue weighted by Gasteiger charge is -2.07. The molecule has 0 radical (unpaired) electrons. The topological polar surface area (TPSA) is 38.3 Å². The largest absolute Gasteiger partial charge is 0.496 e. The molecule has 2 aromatic carbocycles. The number of thioether (sulfide) groups is 1. The Morgan fingerprint density at radius 3 is 2.64 bits per heavy atom. The molecule has 2 rings (SSSR count). The Kier molecular flexibility index (Phi) is 6.80. The molecule has 116 valence electrons. The minimum absolute atomic E-state index is 0.0569. The molecule has 0 heterocycles. The number of rotatable bonds is 7. The van der Waals surface area contributed by atoms with Crippen LogP contribution < -0.4 is 10.1 Å². The van der Waals surface area contributed by atoms with E-state index in [2.05, 4.69) is 21.2 Å². The third kappa shape index (κ3) is 5.39. The zero-order chi connectivity index (χ0) is 15.8. The van der Waals surface area contributed by atoms with Crippen molar-refractivity contribution in [2.45, 2.75) is 12.3 Å². The predicted molar refractivity (Wildman–Crippen MR) is 95.1 cm³/mol. The lowest BCUT2D eigenvalue weighted by molar-refractivity contribution is -0.118. The highest BCUT2D eigenvalue weighted by Gasteiger charge is 2.04. The van der Waals surface area contributed by atoms with Crippen molar-refractivity contribution in [2.75, 3.05) is 12.9 Å². The summed E-state index contributed by atoms with van der Waals surface area (Å²) in [5, 5.41) is 2.93. The molecule has 22 heavy (non-hydrogen) atoms. The van der Waals surface area contributed by atoms with Gasteiger partial charge in [0.25, 0.3) is 0 Å². The molecule has 1 amide bonds. The summed E-state index contributed by atoms with van der Waals surface area (Å²) in [6.45, 7) is 0.578. The van der Waals surface area contributed by atoms with Crippen LogP contribution in [-0.4, -0.2) is 18.8 Å². The second-order valence-electron chi connectivity index (χ2n) is 4.72. The second-order valence-corrected chi connectivity index (χ2v) is 6.56. The summed E-state index contributed by atoms with van der Waals surface area (Å²) >= 11 is 5.06. The van der Waals surface area contributed by atoms with Crippen molar-refractivity contribution in [2.24, 2.45) is 0 Å². The number of amides is 1. The number of halogens is 1. The number of ether oxygens (including phenoxy) is 1. The second kappa shape index (κ2) is 8.86. The predicted octanol–water partition coefficient (Wildman–Crippen LogP) is 4.01. The van der Waals surface area contributed by atoms with Gasteiger partial charge in [-0.1, -0.05) is 36.4 Å². The summed E-state index contributed by atoms with van der Waals surface area (Å²) in [6, 6.07) is 15.9. The number of carbonyl (C=O) groups is 1. The van der Waals surface area contributed by atoms with Crippen LogP contribution in [0, 0.1) is 0 Å². The number of hydrogen-bond donors (Lipinski definition) is 1. The fourth-order valence-corrected chi connectivity index (χ4v) is 3.30. The van der Waals surface area contributed by atoms with Crippen LogP contribution in [0.1, 0.15) is 11.1 Å². The highest BCUT2D eigenvalue weighted by molar-refractivity contribution is 9.10. The molecule has 0 atom stereocenters. The Bertz CT molecular complexity index is 619. The lowest BCUT2D eigenvalue weighted by Crippen LogP contribution is -2.24. The van der Waals surface area contributed by atoms with Gasteiger partial charge in [0.05, 0.1) is 17.3 Å². The summed E-state index contributed by atoms with van der Waals surface area (Å²) in [7, 11) is 1.64. The van der Waals surface area contributed by atoms with Gasteiger partial charge in [0.15, 0.2) is 0 Å². The number of methoxy groups -OCH3 is 1. The van der Waals surface area contributed by atoms with Gasteiger partial charge in [0, 0.05) is 12.3 Å². The maximum Gasteiger partial charge on any atom is 0.230 e. The fourth-order valence-electron chi connectivity index (χ4n) is 1.91. The molecular formula is C17H18BrNO2S. The van der Waals surface area contributed by atoms with Crippen LogP contribution in [0.4, 0.5) is 0 Å². The lowest BCUT2D eigenvalue weighted by atomic mass is 10.2. The molecule has 0 spiro atoms. The van der Waals surface area contributed by atoms with E-state index in [1.54, 1.807) is 18.9 Å². The first-order valence-electron chi connectivity index (χ1n) is 6.90. The monoisotopic (exact) mass is 379 g/mol. The van der Waals surface area contributed by atoms with E-state index < -0.39 is 0 Å². The SMILES string of the molecule is COc1ccc(CSCC(=O)NCc2ccccc2)cc1Br. The van der Waals surface area contributed by atoms with E-state index in [9.17, 15) is 4.79 Å². The van der Waals surface area contributed by atoms with Crippen LogP contribution in [0.25, 0.3) is 0 Å². The molecule has 0 saturated heterocycles. The number of benzene rings is 2. The van der Waals surface area contributed by atoms with E-state index in [0.717, 1.165) is 27.1 Å². The van der Waals surface area contributed by atoms with Gasteiger partial charge in [-0.05, 0) is 39.2 Å². The van der Waals surface area contributed by atoms with Crippen molar-refractivity contribution < 1.29 is 9.53 Å². The smallest absolute Gasteiger partial charge is 0.230 e. The first kappa shape index (κ1) is 16.9. The van der Waals surface area contributed by atoms with Gasteiger partial charge >= 0.3 is 0 Å². The van der Waals surface area contributed by atoms with E-state index >= 15 is 0 Å². The average Bonchev–Trinajstić information content (AvgIpc) is 2.54. The molecule has 0 fully saturated rings. The highest BCUT2D eigenvalue weighted by atomic mass is 79.9. The zero-order valence-electron chi connectivity index (χ0n) is 12.3. The third-order valence-corrected chi connectivity index (χ3v) is 4.67. The summed E-state index contributed by atoms with van der Waals surface area (Å²) in [4.78, 5) is 11.8. The normalized spacial score (nSPS) is 10.3. The van der Waals surface area contributed by atoms with Crippen molar-refractivity contribution in [3.05, 3.63) is 64.1 Å². The first-order chi connectivity index (χ1) is 10.7. The third-order valence-electron chi connectivity index (χ3n) is 3.05. The first-order valence-corrected chi connectivity index (χ1v) is 8.84. The fraction of sp³-hybridized carbons (Fsp3) is 0.235. The molecule has 0 aromatic heterocycles. The summed E-state index contributed by atoms with van der Waals surface area (Å²) < 4.78 is 6.13. The number of nitrogens with one attached hydrogen (secondary N) is 1. The molecule has 0 aliphatic carbocycles. The van der Waals surface area contributed by atoms with Gasteiger partial charge in [-0.15, -0.1) is 11.8 Å². The zero-order valence-corrected chi connectivity index (χ0v) is 14.7. The molecule has 5 heteroatoms. The van der Waals surface area contributed by atoms with Gasteiger partial charge in [-0.3, -0.25) is 4.79 Å². The number of carbonyl (C=O) groups excluding carboxylic acids is 1. The summed E-state index contributed by atoms with van der Waals surface area (Å²) in [6.07, 6.45) is 0. The minimum atomic E-state index is 0.0569. The molecular weight excluding hydrogens is 362 g/mol. The van der Waals surface area contributed by atoms with Crippen LogP contribution in [-0.2, 0) is 17.1 Å². The van der Waals surface area contributed by atoms with Gasteiger partial charge in [-0.2, -0.15) is 0 Å². The van der Waals surface area contributed by atoms with Gasteiger partial charge in [-0.25, -0.2) is 0 Å². The van der Waals surface area contributed by atoms with Gasteiger partial charge in [0.2, 0.25) is 5.91 Å². The molecule has 1 N–H and O–H groups in total. The van der Waals surface area contributed by atoms with Crippen LogP contribution in [0.5, 0.6) is 5.75 Å². The molecule has 0 saturated carbocycles. The van der Waals surface area contributed by atoms with E-state index in [1.807, 2.05) is 48.5 Å². The highest BCUT2D eigenvalue weighted by Crippen LogP contribution is 2.27. The Labute approximate surface area is 143 Å². The Morgan fingerprint density at radius 1 is 1.18 bits per heavy atom. The Hall–Kier alpha value is -1.46. The maximum atomic E-state index is 11.8. The van der Waals surface area contributed by atoms with Crippen LogP contribution in [0.15, 0.2) is 53.0 Å². The standard InChI is InChI=1S/C17H18BrNO2S/c1-21-16-8-7-14(9-15(16)18)11-22-12-17(20)19-10-13-5-3-2-4-6-13/h2-9H,10-12H2,1H3,(H,19,20). The quantitative estimate of drug-likeness (QED) is 0.789. The molecule has 0 aliphatic heterocycles. The van der Waals surface area contributed by atoms with Crippen LogP contribution in [0.3, 0.4) is 0 Å². The van der Waals surface area contributed by atoms with Crippen molar-refractivity contribution in [3.8, 4) is 5.75 Å². The summed E-state index contributed by atoms with van der Waals surface area (Å²) in [5.41, 5.74) is 2.27. The van der Waals surface area contributed by atoms with Crippen LogP contribution >= 0.6 is 27.7 Å². The van der Waals surface area contributed by atoms with Crippen LogP contribution in [0.2, 0.25) is 0 Å².